The minimum Gasteiger partial charge on any atom is -0.322 e. The van der Waals surface area contributed by atoms with Gasteiger partial charge in [-0.1, -0.05) is 6.07 Å². The van der Waals surface area contributed by atoms with Crippen LogP contribution in [0.25, 0.3) is 0 Å². The van der Waals surface area contributed by atoms with Gasteiger partial charge in [-0.15, -0.1) is 0 Å². The molecule has 1 aliphatic rings. The molecule has 1 atom stereocenters. The van der Waals surface area contributed by atoms with E-state index in [4.69, 9.17) is 5.73 Å². The highest BCUT2D eigenvalue weighted by atomic mass is 19.2. The quantitative estimate of drug-likeness (QED) is 0.930. The van der Waals surface area contributed by atoms with E-state index >= 15 is 0 Å². The van der Waals surface area contributed by atoms with Crippen molar-refractivity contribution < 1.29 is 8.78 Å². The van der Waals surface area contributed by atoms with E-state index in [1.54, 1.807) is 17.0 Å². The molecule has 4 nitrogen and oxygen atoms in total. The zero-order valence-corrected chi connectivity index (χ0v) is 10.8. The molecule has 0 bridgehead atoms. The zero-order chi connectivity index (χ0) is 14.3. The van der Waals surface area contributed by atoms with Gasteiger partial charge in [0.2, 0.25) is 0 Å². The molecule has 20 heavy (non-hydrogen) atoms. The van der Waals surface area contributed by atoms with E-state index in [9.17, 15) is 13.6 Å². The van der Waals surface area contributed by atoms with Crippen LogP contribution in [0.15, 0.2) is 35.4 Å². The van der Waals surface area contributed by atoms with Crippen LogP contribution in [-0.2, 0) is 6.54 Å². The van der Waals surface area contributed by atoms with E-state index in [-0.39, 0.29) is 12.2 Å². The largest absolute Gasteiger partial charge is 0.328 e. The molecule has 1 fully saturated rings. The molecule has 6 heteroatoms. The van der Waals surface area contributed by atoms with Crippen molar-refractivity contribution in [2.45, 2.75) is 31.5 Å². The van der Waals surface area contributed by atoms with Gasteiger partial charge in [-0.25, -0.2) is 13.6 Å². The Bertz CT molecular complexity index is 688. The van der Waals surface area contributed by atoms with Crippen LogP contribution in [0, 0.1) is 11.6 Å². The highest BCUT2D eigenvalue weighted by Crippen LogP contribution is 2.33. The summed E-state index contributed by atoms with van der Waals surface area (Å²) in [5.74, 6) is -1.83. The van der Waals surface area contributed by atoms with E-state index in [0.29, 0.717) is 11.6 Å². The average Bonchev–Trinajstić information content (AvgIpc) is 3.19. The number of nitrogens with zero attached hydrogens (tertiary/aromatic N) is 2. The van der Waals surface area contributed by atoms with Gasteiger partial charge in [0.15, 0.2) is 11.6 Å². The second kappa shape index (κ2) is 4.86. The van der Waals surface area contributed by atoms with Gasteiger partial charge in [0.25, 0.3) is 0 Å². The van der Waals surface area contributed by atoms with Gasteiger partial charge in [-0.2, -0.15) is 0 Å². The Hall–Kier alpha value is -1.95. The number of hydrogen-bond acceptors (Lipinski definition) is 2. The maximum atomic E-state index is 13.2. The normalized spacial score (nSPS) is 16.4. The molecule has 1 saturated carbocycles. The fraction of sp³-hybridized carbons (Fsp3) is 0.357. The zero-order valence-electron chi connectivity index (χ0n) is 10.8. The third kappa shape index (κ3) is 2.38. The number of rotatable bonds is 4. The highest BCUT2D eigenvalue weighted by Gasteiger charge is 2.25. The molecule has 0 spiro atoms. The Labute approximate surface area is 114 Å². The van der Waals surface area contributed by atoms with Crippen LogP contribution in [0.1, 0.15) is 30.5 Å². The molecule has 0 aliphatic heterocycles. The molecule has 2 N–H and O–H groups in total. The Morgan fingerprint density at radius 3 is 2.65 bits per heavy atom. The SMILES string of the molecule is NC(Cn1ccn(C2CC2)c1=O)c1ccc(F)c(F)c1. The molecule has 1 aromatic heterocycles. The molecule has 0 radical (unpaired) electrons. The predicted octanol–water partition coefficient (Wildman–Crippen LogP) is 1.96. The first-order valence-electron chi connectivity index (χ1n) is 6.54. The van der Waals surface area contributed by atoms with Crippen molar-refractivity contribution in [2.75, 3.05) is 0 Å². The highest BCUT2D eigenvalue weighted by molar-refractivity contribution is 5.21. The second-order valence-electron chi connectivity index (χ2n) is 5.15. The lowest BCUT2D eigenvalue weighted by molar-refractivity contribution is 0.499. The maximum Gasteiger partial charge on any atom is 0.328 e. The third-order valence-electron chi connectivity index (χ3n) is 3.58. The Morgan fingerprint density at radius 2 is 2.00 bits per heavy atom. The van der Waals surface area contributed by atoms with Crippen molar-refractivity contribution in [1.82, 2.24) is 9.13 Å². The number of nitrogens with two attached hydrogens (primary N) is 1. The predicted molar refractivity (Wildman–Crippen MR) is 70.2 cm³/mol. The molecule has 3 rings (SSSR count). The lowest BCUT2D eigenvalue weighted by Crippen LogP contribution is -2.28. The van der Waals surface area contributed by atoms with Gasteiger partial charge in [0, 0.05) is 31.0 Å². The fourth-order valence-electron chi connectivity index (χ4n) is 2.26. The summed E-state index contributed by atoms with van der Waals surface area (Å²) < 4.78 is 29.2. The smallest absolute Gasteiger partial charge is 0.322 e. The van der Waals surface area contributed by atoms with Gasteiger partial charge in [-0.3, -0.25) is 9.13 Å². The molecule has 1 heterocycles. The molecule has 1 unspecified atom stereocenters. The van der Waals surface area contributed by atoms with Crippen LogP contribution in [0.3, 0.4) is 0 Å². The lowest BCUT2D eigenvalue weighted by atomic mass is 10.1. The summed E-state index contributed by atoms with van der Waals surface area (Å²) in [5.41, 5.74) is 6.32. The second-order valence-corrected chi connectivity index (χ2v) is 5.15. The maximum absolute atomic E-state index is 13.2. The molecule has 2 aromatic rings. The van der Waals surface area contributed by atoms with Crippen LogP contribution < -0.4 is 11.4 Å². The monoisotopic (exact) mass is 279 g/mol. The number of imidazole rings is 1. The van der Waals surface area contributed by atoms with Crippen molar-refractivity contribution in [3.8, 4) is 0 Å². The first kappa shape index (κ1) is 13.1. The average molecular weight is 279 g/mol. The van der Waals surface area contributed by atoms with E-state index < -0.39 is 17.7 Å². The van der Waals surface area contributed by atoms with E-state index in [0.717, 1.165) is 25.0 Å². The molecular formula is C14H15F2N3O. The van der Waals surface area contributed by atoms with Gasteiger partial charge in [-0.05, 0) is 30.5 Å². The number of hydrogen-bond donors (Lipinski definition) is 1. The van der Waals surface area contributed by atoms with Crippen molar-refractivity contribution in [1.29, 1.82) is 0 Å². The number of aromatic nitrogens is 2. The standard InChI is InChI=1S/C14H15F2N3O/c15-11-4-1-9(7-12(11)16)13(17)8-18-5-6-19(14(18)20)10-2-3-10/h1,4-7,10,13H,2-3,8,17H2. The third-order valence-corrected chi connectivity index (χ3v) is 3.58. The summed E-state index contributed by atoms with van der Waals surface area (Å²) in [6.45, 7) is 0.240. The summed E-state index contributed by atoms with van der Waals surface area (Å²) in [7, 11) is 0. The first-order chi connectivity index (χ1) is 9.56. The minimum absolute atomic E-state index is 0.106. The van der Waals surface area contributed by atoms with Gasteiger partial charge < -0.3 is 5.73 Å². The van der Waals surface area contributed by atoms with Crippen molar-refractivity contribution in [3.63, 3.8) is 0 Å². The molecule has 0 amide bonds. The summed E-state index contributed by atoms with van der Waals surface area (Å²) in [4.78, 5) is 12.1. The van der Waals surface area contributed by atoms with E-state index in [1.165, 1.54) is 10.6 Å². The Kier molecular flexibility index (Phi) is 3.17. The first-order valence-corrected chi connectivity index (χ1v) is 6.54. The number of benzene rings is 1. The van der Waals surface area contributed by atoms with E-state index in [2.05, 4.69) is 0 Å². The van der Waals surface area contributed by atoms with Crippen LogP contribution in [-0.4, -0.2) is 9.13 Å². The lowest BCUT2D eigenvalue weighted by Gasteiger charge is -2.12. The summed E-state index contributed by atoms with van der Waals surface area (Å²) >= 11 is 0. The molecule has 1 aliphatic carbocycles. The van der Waals surface area contributed by atoms with Crippen LogP contribution >= 0.6 is 0 Å². The van der Waals surface area contributed by atoms with E-state index in [1.807, 2.05) is 0 Å². The Balaban J connectivity index is 1.79. The van der Waals surface area contributed by atoms with Crippen molar-refractivity contribution >= 4 is 0 Å². The van der Waals surface area contributed by atoms with Gasteiger partial charge >= 0.3 is 5.69 Å². The van der Waals surface area contributed by atoms with Crippen LogP contribution in [0.4, 0.5) is 8.78 Å². The van der Waals surface area contributed by atoms with Gasteiger partial charge in [0.05, 0.1) is 0 Å². The summed E-state index contributed by atoms with van der Waals surface area (Å²) in [6, 6.07) is 3.30. The molecule has 1 aromatic carbocycles. The van der Waals surface area contributed by atoms with Crippen LogP contribution in [0.5, 0.6) is 0 Å². The molecule has 0 saturated heterocycles. The Morgan fingerprint density at radius 1 is 1.25 bits per heavy atom. The van der Waals surface area contributed by atoms with Crippen LogP contribution in [0.2, 0.25) is 0 Å². The fourth-order valence-corrected chi connectivity index (χ4v) is 2.26. The summed E-state index contributed by atoms with van der Waals surface area (Å²) in [5, 5.41) is 0. The molecular weight excluding hydrogens is 264 g/mol. The number of halogens is 2. The van der Waals surface area contributed by atoms with Crippen molar-refractivity contribution in [2.24, 2.45) is 5.73 Å². The van der Waals surface area contributed by atoms with Gasteiger partial charge in [0.1, 0.15) is 0 Å². The van der Waals surface area contributed by atoms with Crippen molar-refractivity contribution in [3.05, 3.63) is 58.3 Å². The molecule has 106 valence electrons. The minimum atomic E-state index is -0.930. The summed E-state index contributed by atoms with van der Waals surface area (Å²) in [6.07, 6.45) is 5.48. The topological polar surface area (TPSA) is 52.9 Å².